The lowest BCUT2D eigenvalue weighted by atomic mass is 9.98. The normalized spacial score (nSPS) is 16.5. The Morgan fingerprint density at radius 2 is 1.76 bits per heavy atom. The number of carbonyl (C=O) groups excluding carboxylic acids is 2. The van der Waals surface area contributed by atoms with Crippen molar-refractivity contribution in [2.45, 2.75) is 31.7 Å². The second-order valence-corrected chi connectivity index (χ2v) is 8.90. The van der Waals surface area contributed by atoms with Crippen LogP contribution >= 0.6 is 0 Å². The lowest BCUT2D eigenvalue weighted by Crippen LogP contribution is -2.43. The summed E-state index contributed by atoms with van der Waals surface area (Å²) in [6.07, 6.45) is 4.56. The first-order valence-electron chi connectivity index (χ1n) is 11.9. The number of fused-ring (bicyclic) bond motifs is 1. The summed E-state index contributed by atoms with van der Waals surface area (Å²) in [5.41, 5.74) is 4.19. The van der Waals surface area contributed by atoms with Gasteiger partial charge >= 0.3 is 11.8 Å². The number of hydrogen-bond donors (Lipinski definition) is 2. The fourth-order valence-corrected chi connectivity index (χ4v) is 4.84. The molecule has 0 bridgehead atoms. The van der Waals surface area contributed by atoms with E-state index in [2.05, 4.69) is 45.7 Å². The molecule has 2 aliphatic rings. The minimum atomic E-state index is -0.737. The average molecular weight is 467 g/mol. The number of nitrogens with zero attached hydrogens (tertiary/aromatic N) is 2. The minimum absolute atomic E-state index is 0.0274. The Hall–Kier alpha value is -3.26. The van der Waals surface area contributed by atoms with Gasteiger partial charge in [-0.25, -0.2) is 0 Å². The highest BCUT2D eigenvalue weighted by Gasteiger charge is 2.26. The van der Waals surface area contributed by atoms with Gasteiger partial charge in [-0.15, -0.1) is 0 Å². The van der Waals surface area contributed by atoms with Crippen molar-refractivity contribution < 1.29 is 19.1 Å². The zero-order valence-corrected chi connectivity index (χ0v) is 20.2. The van der Waals surface area contributed by atoms with E-state index in [1.165, 1.54) is 37.5 Å². The van der Waals surface area contributed by atoms with Crippen molar-refractivity contribution in [2.75, 3.05) is 57.7 Å². The Morgan fingerprint density at radius 1 is 0.971 bits per heavy atom. The summed E-state index contributed by atoms with van der Waals surface area (Å²) < 4.78 is 10.5. The van der Waals surface area contributed by atoms with Crippen LogP contribution in [0.2, 0.25) is 0 Å². The third-order valence-electron chi connectivity index (χ3n) is 6.76. The molecule has 8 heteroatoms. The highest BCUT2D eigenvalue weighted by atomic mass is 16.5. The van der Waals surface area contributed by atoms with E-state index in [-0.39, 0.29) is 6.04 Å². The summed E-state index contributed by atoms with van der Waals surface area (Å²) in [5.74, 6) is -0.396. The van der Waals surface area contributed by atoms with E-state index in [1.807, 2.05) is 0 Å². The molecule has 4 rings (SSSR count). The fourth-order valence-electron chi connectivity index (χ4n) is 4.84. The fraction of sp³-hybridized carbons (Fsp3) is 0.462. The van der Waals surface area contributed by atoms with Crippen LogP contribution in [-0.4, -0.2) is 64.2 Å². The lowest BCUT2D eigenvalue weighted by molar-refractivity contribution is -0.136. The van der Waals surface area contributed by atoms with Crippen molar-refractivity contribution in [2.24, 2.45) is 0 Å². The van der Waals surface area contributed by atoms with E-state index < -0.39 is 11.8 Å². The molecule has 182 valence electrons. The molecule has 2 N–H and O–H groups in total. The number of piperidine rings is 1. The summed E-state index contributed by atoms with van der Waals surface area (Å²) >= 11 is 0. The summed E-state index contributed by atoms with van der Waals surface area (Å²) in [7, 11) is 5.16. The number of likely N-dealkylation sites (tertiary alicyclic amines) is 1. The van der Waals surface area contributed by atoms with Crippen LogP contribution in [0.1, 0.15) is 36.4 Å². The van der Waals surface area contributed by atoms with Crippen molar-refractivity contribution in [3.8, 4) is 11.5 Å². The molecular formula is C26H34N4O4. The van der Waals surface area contributed by atoms with E-state index in [0.717, 1.165) is 38.9 Å². The highest BCUT2D eigenvalue weighted by Crippen LogP contribution is 2.32. The van der Waals surface area contributed by atoms with Gasteiger partial charge in [0.25, 0.3) is 0 Å². The maximum Gasteiger partial charge on any atom is 0.313 e. The smallest absolute Gasteiger partial charge is 0.313 e. The van der Waals surface area contributed by atoms with Crippen LogP contribution in [0, 0.1) is 0 Å². The molecule has 8 nitrogen and oxygen atoms in total. The molecule has 2 aliphatic heterocycles. The van der Waals surface area contributed by atoms with E-state index in [1.54, 1.807) is 18.2 Å². The molecule has 0 saturated carbocycles. The molecule has 0 aromatic heterocycles. The second-order valence-electron chi connectivity index (χ2n) is 8.90. The third kappa shape index (κ3) is 5.28. The van der Waals surface area contributed by atoms with Crippen LogP contribution in [-0.2, 0) is 16.0 Å². The number of carbonyl (C=O) groups is 2. The zero-order chi connectivity index (χ0) is 24.1. The van der Waals surface area contributed by atoms with E-state index in [4.69, 9.17) is 9.47 Å². The number of anilines is 2. The Morgan fingerprint density at radius 3 is 2.50 bits per heavy atom. The topological polar surface area (TPSA) is 83.1 Å². The second kappa shape index (κ2) is 10.8. The molecular weight excluding hydrogens is 432 g/mol. The third-order valence-corrected chi connectivity index (χ3v) is 6.76. The van der Waals surface area contributed by atoms with Gasteiger partial charge in [0.05, 0.1) is 25.9 Å². The molecule has 2 aromatic carbocycles. The number of ether oxygens (including phenoxy) is 2. The van der Waals surface area contributed by atoms with E-state index in [0.29, 0.717) is 23.7 Å². The van der Waals surface area contributed by atoms with E-state index in [9.17, 15) is 9.59 Å². The Balaban J connectivity index is 1.46. The van der Waals surface area contributed by atoms with Crippen molar-refractivity contribution in [3.63, 3.8) is 0 Å². The van der Waals surface area contributed by atoms with Gasteiger partial charge < -0.3 is 25.0 Å². The number of likely N-dealkylation sites (N-methyl/N-ethyl adjacent to an activating group) is 1. The molecule has 0 aliphatic carbocycles. The monoisotopic (exact) mass is 466 g/mol. The number of amides is 2. The molecule has 2 amide bonds. The standard InChI is InChI=1S/C26H34N4O4/c1-29-14-11-19-15-18(7-9-22(19)29)23(30-12-5-4-6-13-30)17-27-25(31)26(32)28-21-16-20(33-2)8-10-24(21)34-3/h7-10,15-16,23H,4-6,11-14,17H2,1-3H3,(H,27,31)(H,28,32). The summed E-state index contributed by atoms with van der Waals surface area (Å²) in [5, 5.41) is 5.51. The average Bonchev–Trinajstić information content (AvgIpc) is 3.24. The summed E-state index contributed by atoms with van der Waals surface area (Å²) in [4.78, 5) is 30.1. The first-order chi connectivity index (χ1) is 16.5. The molecule has 1 fully saturated rings. The first kappa shape index (κ1) is 23.9. The van der Waals surface area contributed by atoms with Crippen molar-refractivity contribution >= 4 is 23.2 Å². The van der Waals surface area contributed by atoms with Gasteiger partial charge in [-0.2, -0.15) is 0 Å². The Bertz CT molecular complexity index is 1040. The molecule has 0 spiro atoms. The maximum atomic E-state index is 12.7. The zero-order valence-electron chi connectivity index (χ0n) is 20.2. The van der Waals surface area contributed by atoms with Gasteiger partial charge in [0.1, 0.15) is 11.5 Å². The lowest BCUT2D eigenvalue weighted by Gasteiger charge is -2.35. The Kier molecular flexibility index (Phi) is 7.57. The number of rotatable bonds is 7. The van der Waals surface area contributed by atoms with Gasteiger partial charge in [0, 0.05) is 31.9 Å². The van der Waals surface area contributed by atoms with Crippen LogP contribution in [0.3, 0.4) is 0 Å². The van der Waals surface area contributed by atoms with Crippen LogP contribution in [0.25, 0.3) is 0 Å². The predicted octanol–water partition coefficient (Wildman–Crippen LogP) is 2.98. The summed E-state index contributed by atoms with van der Waals surface area (Å²) in [6.45, 7) is 3.38. The van der Waals surface area contributed by atoms with Gasteiger partial charge in [-0.05, 0) is 61.7 Å². The van der Waals surface area contributed by atoms with Crippen molar-refractivity contribution in [1.82, 2.24) is 10.2 Å². The molecule has 2 heterocycles. The molecule has 1 atom stereocenters. The van der Waals surface area contributed by atoms with Crippen molar-refractivity contribution in [3.05, 3.63) is 47.5 Å². The van der Waals surface area contributed by atoms with Crippen molar-refractivity contribution in [1.29, 1.82) is 0 Å². The van der Waals surface area contributed by atoms with Crippen LogP contribution in [0.4, 0.5) is 11.4 Å². The number of benzene rings is 2. The maximum absolute atomic E-state index is 12.7. The molecule has 34 heavy (non-hydrogen) atoms. The molecule has 0 radical (unpaired) electrons. The van der Waals surface area contributed by atoms with E-state index >= 15 is 0 Å². The molecule has 1 unspecified atom stereocenters. The Labute approximate surface area is 201 Å². The van der Waals surface area contributed by atoms with Gasteiger partial charge in [0.15, 0.2) is 0 Å². The van der Waals surface area contributed by atoms with Crippen LogP contribution in [0.5, 0.6) is 11.5 Å². The van der Waals surface area contributed by atoms with Gasteiger partial charge in [-0.3, -0.25) is 14.5 Å². The molecule has 2 aromatic rings. The highest BCUT2D eigenvalue weighted by molar-refractivity contribution is 6.39. The number of nitrogens with one attached hydrogen (secondary N) is 2. The SMILES string of the molecule is COc1ccc(OC)c(NC(=O)C(=O)NCC(c2ccc3c(c2)CCN3C)N2CCCCC2)c1. The predicted molar refractivity (Wildman–Crippen MR) is 133 cm³/mol. The quantitative estimate of drug-likeness (QED) is 0.611. The number of hydrogen-bond acceptors (Lipinski definition) is 6. The first-order valence-corrected chi connectivity index (χ1v) is 11.9. The van der Waals surface area contributed by atoms with Gasteiger partial charge in [0.2, 0.25) is 0 Å². The minimum Gasteiger partial charge on any atom is -0.497 e. The number of methoxy groups -OCH3 is 2. The summed E-state index contributed by atoms with van der Waals surface area (Å²) in [6, 6.07) is 11.7. The largest absolute Gasteiger partial charge is 0.497 e. The van der Waals surface area contributed by atoms with Crippen LogP contribution < -0.4 is 25.0 Å². The van der Waals surface area contributed by atoms with Crippen LogP contribution in [0.15, 0.2) is 36.4 Å². The molecule has 1 saturated heterocycles. The van der Waals surface area contributed by atoms with Gasteiger partial charge in [-0.1, -0.05) is 18.6 Å².